The van der Waals surface area contributed by atoms with E-state index in [1.165, 1.54) is 12.1 Å². The number of halogens is 1. The van der Waals surface area contributed by atoms with Crippen molar-refractivity contribution in [3.05, 3.63) is 35.6 Å². The van der Waals surface area contributed by atoms with Crippen LogP contribution in [0.3, 0.4) is 0 Å². The van der Waals surface area contributed by atoms with E-state index in [9.17, 15) is 14.0 Å². The zero-order valence-corrected chi connectivity index (χ0v) is 15.0. The smallest absolute Gasteiger partial charge is 0.259 e. The van der Waals surface area contributed by atoms with Crippen LogP contribution in [-0.2, 0) is 9.53 Å². The fraction of sp³-hybridized carbons (Fsp3) is 0.600. The number of carbonyl (C=O) groups excluding carboxylic acids is 2. The lowest BCUT2D eigenvalue weighted by Gasteiger charge is -2.43. The average molecular weight is 360 g/mol. The minimum absolute atomic E-state index is 0.000163. The number of nitrogens with zero attached hydrogens (tertiary/aromatic N) is 1. The third-order valence-electron chi connectivity index (χ3n) is 5.74. The highest BCUT2D eigenvalue weighted by Gasteiger charge is 2.54. The molecule has 3 aliphatic rings. The van der Waals surface area contributed by atoms with Gasteiger partial charge in [0.1, 0.15) is 17.6 Å². The lowest BCUT2D eigenvalue weighted by molar-refractivity contribution is -0.128. The van der Waals surface area contributed by atoms with Gasteiger partial charge in [-0.15, -0.1) is 0 Å². The summed E-state index contributed by atoms with van der Waals surface area (Å²) in [5, 5.41) is 2.97. The van der Waals surface area contributed by atoms with Crippen molar-refractivity contribution in [2.24, 2.45) is 5.92 Å². The van der Waals surface area contributed by atoms with Crippen molar-refractivity contribution >= 4 is 11.8 Å². The van der Waals surface area contributed by atoms with Crippen molar-refractivity contribution < 1.29 is 18.7 Å². The van der Waals surface area contributed by atoms with Gasteiger partial charge in [0.15, 0.2) is 0 Å². The molecule has 5 nitrogen and oxygen atoms in total. The van der Waals surface area contributed by atoms with Gasteiger partial charge in [0.05, 0.1) is 12.2 Å². The van der Waals surface area contributed by atoms with Gasteiger partial charge in [-0.1, -0.05) is 25.5 Å². The van der Waals surface area contributed by atoms with E-state index in [0.29, 0.717) is 18.8 Å². The van der Waals surface area contributed by atoms with Crippen LogP contribution in [0.4, 0.5) is 4.39 Å². The summed E-state index contributed by atoms with van der Waals surface area (Å²) in [6.45, 7) is 2.30. The Morgan fingerprint density at radius 2 is 2.04 bits per heavy atom. The number of rotatable bonds is 3. The average Bonchev–Trinajstić information content (AvgIpc) is 3.35. The highest BCUT2D eigenvalue weighted by Crippen LogP contribution is 2.43. The molecule has 2 amide bonds. The Labute approximate surface area is 152 Å². The number of ether oxygens (including phenoxy) is 1. The van der Waals surface area contributed by atoms with Crippen LogP contribution in [0.2, 0.25) is 0 Å². The molecule has 1 saturated heterocycles. The summed E-state index contributed by atoms with van der Waals surface area (Å²) in [5.41, 5.74) is -0.803. The maximum absolute atomic E-state index is 14.3. The van der Waals surface area contributed by atoms with Crippen LogP contribution < -0.4 is 5.32 Å². The van der Waals surface area contributed by atoms with Crippen LogP contribution in [-0.4, -0.2) is 41.1 Å². The molecule has 4 rings (SSSR count). The molecule has 140 valence electrons. The van der Waals surface area contributed by atoms with Gasteiger partial charge in [-0.25, -0.2) is 4.39 Å². The van der Waals surface area contributed by atoms with Crippen LogP contribution in [0.5, 0.6) is 0 Å². The Bertz CT molecular complexity index is 721. The number of nitrogens with one attached hydrogen (secondary N) is 1. The Hall–Kier alpha value is -1.95. The second-order valence-electron chi connectivity index (χ2n) is 7.91. The molecule has 2 aliphatic carbocycles. The Morgan fingerprint density at radius 1 is 1.27 bits per heavy atom. The third kappa shape index (κ3) is 3.11. The molecule has 2 saturated carbocycles. The highest BCUT2D eigenvalue weighted by molar-refractivity contribution is 5.98. The van der Waals surface area contributed by atoms with E-state index in [-0.39, 0.29) is 24.1 Å². The summed E-state index contributed by atoms with van der Waals surface area (Å²) in [6, 6.07) is 5.46. The van der Waals surface area contributed by atoms with Gasteiger partial charge in [0.2, 0.25) is 5.91 Å². The number of hydrogen-bond donors (Lipinski definition) is 1. The summed E-state index contributed by atoms with van der Waals surface area (Å²) < 4.78 is 20.4. The molecule has 1 aliphatic heterocycles. The SMILES string of the molecule is CC1CCCC2(C1)OCC(C(=O)NC1CC1)N2C(=O)c1ccccc1F. The van der Waals surface area contributed by atoms with Gasteiger partial charge in [-0.05, 0) is 50.2 Å². The molecule has 1 spiro atoms. The molecule has 3 fully saturated rings. The zero-order valence-electron chi connectivity index (χ0n) is 15.0. The number of amides is 2. The highest BCUT2D eigenvalue weighted by atomic mass is 19.1. The first-order valence-electron chi connectivity index (χ1n) is 9.53. The third-order valence-corrected chi connectivity index (χ3v) is 5.74. The summed E-state index contributed by atoms with van der Waals surface area (Å²) >= 11 is 0. The van der Waals surface area contributed by atoms with Crippen LogP contribution in [0, 0.1) is 11.7 Å². The molecule has 1 aromatic carbocycles. The van der Waals surface area contributed by atoms with Crippen LogP contribution in [0.1, 0.15) is 55.8 Å². The van der Waals surface area contributed by atoms with E-state index in [1.807, 2.05) is 0 Å². The Kier molecular flexibility index (Phi) is 4.47. The molecular formula is C20H25FN2O3. The lowest BCUT2D eigenvalue weighted by atomic mass is 9.83. The van der Waals surface area contributed by atoms with Crippen molar-refractivity contribution in [3.63, 3.8) is 0 Å². The first-order valence-corrected chi connectivity index (χ1v) is 9.53. The van der Waals surface area contributed by atoms with Gasteiger partial charge in [-0.2, -0.15) is 0 Å². The van der Waals surface area contributed by atoms with Crippen LogP contribution in [0.15, 0.2) is 24.3 Å². The van der Waals surface area contributed by atoms with Gasteiger partial charge < -0.3 is 10.1 Å². The van der Waals surface area contributed by atoms with Gasteiger partial charge in [0, 0.05) is 6.04 Å². The second kappa shape index (κ2) is 6.65. The van der Waals surface area contributed by atoms with Gasteiger partial charge in [-0.3, -0.25) is 14.5 Å². The molecule has 26 heavy (non-hydrogen) atoms. The molecule has 1 heterocycles. The quantitative estimate of drug-likeness (QED) is 0.902. The standard InChI is InChI=1S/C20H25FN2O3/c1-13-5-4-10-20(11-13)23(19(25)15-6-2-3-7-16(15)21)17(12-26-20)18(24)22-14-8-9-14/h2-3,6-7,13-14,17H,4-5,8-12H2,1H3,(H,22,24). The Morgan fingerprint density at radius 3 is 2.73 bits per heavy atom. The van der Waals surface area contributed by atoms with E-state index < -0.39 is 23.5 Å². The summed E-state index contributed by atoms with van der Waals surface area (Å²) in [5.74, 6) is -0.812. The fourth-order valence-corrected chi connectivity index (χ4v) is 4.30. The predicted octanol–water partition coefficient (Wildman–Crippen LogP) is 2.85. The number of benzene rings is 1. The first-order chi connectivity index (χ1) is 12.5. The molecule has 3 unspecified atom stereocenters. The zero-order chi connectivity index (χ0) is 18.3. The van der Waals surface area contributed by atoms with Crippen molar-refractivity contribution in [2.75, 3.05) is 6.61 Å². The molecule has 1 aromatic rings. The summed E-state index contributed by atoms with van der Waals surface area (Å²) in [6.07, 6.45) is 5.32. The fourth-order valence-electron chi connectivity index (χ4n) is 4.30. The molecule has 3 atom stereocenters. The molecule has 1 N–H and O–H groups in total. The lowest BCUT2D eigenvalue weighted by Crippen LogP contribution is -2.57. The minimum Gasteiger partial charge on any atom is -0.353 e. The van der Waals surface area contributed by atoms with Crippen LogP contribution in [0.25, 0.3) is 0 Å². The first kappa shape index (κ1) is 17.5. The van der Waals surface area contributed by atoms with Crippen molar-refractivity contribution in [1.82, 2.24) is 10.2 Å². The van der Waals surface area contributed by atoms with E-state index in [2.05, 4.69) is 12.2 Å². The van der Waals surface area contributed by atoms with Crippen LogP contribution >= 0.6 is 0 Å². The minimum atomic E-state index is -0.803. The summed E-state index contributed by atoms with van der Waals surface area (Å²) in [4.78, 5) is 27.6. The normalized spacial score (nSPS) is 31.2. The Balaban J connectivity index is 1.68. The molecular weight excluding hydrogens is 335 g/mol. The van der Waals surface area contributed by atoms with Gasteiger partial charge >= 0.3 is 0 Å². The maximum Gasteiger partial charge on any atom is 0.259 e. The summed E-state index contributed by atoms with van der Waals surface area (Å²) in [7, 11) is 0. The second-order valence-corrected chi connectivity index (χ2v) is 7.91. The predicted molar refractivity (Wildman–Crippen MR) is 93.8 cm³/mol. The molecule has 6 heteroatoms. The molecule has 0 aromatic heterocycles. The van der Waals surface area contributed by atoms with E-state index in [0.717, 1.165) is 25.7 Å². The molecule has 0 bridgehead atoms. The van der Waals surface area contributed by atoms with Gasteiger partial charge in [0.25, 0.3) is 5.91 Å². The monoisotopic (exact) mass is 360 g/mol. The van der Waals surface area contributed by atoms with E-state index in [4.69, 9.17) is 4.74 Å². The van der Waals surface area contributed by atoms with E-state index >= 15 is 0 Å². The largest absolute Gasteiger partial charge is 0.353 e. The number of carbonyl (C=O) groups is 2. The molecule has 0 radical (unpaired) electrons. The maximum atomic E-state index is 14.3. The van der Waals surface area contributed by atoms with Crippen molar-refractivity contribution in [3.8, 4) is 0 Å². The van der Waals surface area contributed by atoms with Crippen molar-refractivity contribution in [2.45, 2.75) is 63.3 Å². The van der Waals surface area contributed by atoms with Crippen molar-refractivity contribution in [1.29, 1.82) is 0 Å². The number of hydrogen-bond acceptors (Lipinski definition) is 3. The van der Waals surface area contributed by atoms with E-state index in [1.54, 1.807) is 17.0 Å². The topological polar surface area (TPSA) is 58.6 Å².